The number of piperazine rings is 1. The molecular formula is C19H29N5O2. The number of anilines is 1. The maximum absolute atomic E-state index is 12.0. The summed E-state index contributed by atoms with van der Waals surface area (Å²) in [5.41, 5.74) is 0. The van der Waals surface area contributed by atoms with Crippen molar-refractivity contribution in [1.82, 2.24) is 19.7 Å². The van der Waals surface area contributed by atoms with Crippen LogP contribution in [0.1, 0.15) is 6.42 Å². The standard InChI is InChI=1S/C19H29N5O2/c25-19-16-26-13-3-6-24(19)8-7-21-14-17(15-21)22-9-11-23(12-10-22)18-4-1-2-5-20-18/h1-2,4-5,17H,3,6-16H2. The highest BCUT2D eigenvalue weighted by Gasteiger charge is 2.33. The second-order valence-corrected chi connectivity index (χ2v) is 7.41. The summed E-state index contributed by atoms with van der Waals surface area (Å²) >= 11 is 0. The van der Waals surface area contributed by atoms with Gasteiger partial charge in [0.25, 0.3) is 0 Å². The van der Waals surface area contributed by atoms with Gasteiger partial charge in [-0.15, -0.1) is 0 Å². The number of carbonyl (C=O) groups excluding carboxylic acids is 1. The van der Waals surface area contributed by atoms with Crippen molar-refractivity contribution >= 4 is 11.7 Å². The van der Waals surface area contributed by atoms with Gasteiger partial charge in [-0.1, -0.05) is 6.07 Å². The van der Waals surface area contributed by atoms with Crippen molar-refractivity contribution in [2.24, 2.45) is 0 Å². The minimum Gasteiger partial charge on any atom is -0.372 e. The number of nitrogens with zero attached hydrogens (tertiary/aromatic N) is 5. The Morgan fingerprint density at radius 1 is 1.08 bits per heavy atom. The van der Waals surface area contributed by atoms with Gasteiger partial charge in [-0.05, 0) is 18.6 Å². The first-order chi connectivity index (χ1) is 12.8. The number of amides is 1. The smallest absolute Gasteiger partial charge is 0.248 e. The van der Waals surface area contributed by atoms with E-state index in [2.05, 4.69) is 31.8 Å². The van der Waals surface area contributed by atoms with Gasteiger partial charge in [0, 0.05) is 77.7 Å². The van der Waals surface area contributed by atoms with Crippen LogP contribution in [0.4, 0.5) is 5.82 Å². The maximum Gasteiger partial charge on any atom is 0.248 e. The normalized spacial score (nSPS) is 23.8. The molecule has 1 amide bonds. The van der Waals surface area contributed by atoms with E-state index in [-0.39, 0.29) is 12.5 Å². The summed E-state index contributed by atoms with van der Waals surface area (Å²) in [7, 11) is 0. The Morgan fingerprint density at radius 2 is 1.92 bits per heavy atom. The minimum absolute atomic E-state index is 0.144. The van der Waals surface area contributed by atoms with Gasteiger partial charge in [0.2, 0.25) is 5.91 Å². The Kier molecular flexibility index (Phi) is 5.67. The van der Waals surface area contributed by atoms with Crippen molar-refractivity contribution < 1.29 is 9.53 Å². The molecule has 3 aliphatic rings. The lowest BCUT2D eigenvalue weighted by Gasteiger charge is -2.48. The highest BCUT2D eigenvalue weighted by atomic mass is 16.5. The topological polar surface area (TPSA) is 52.2 Å². The first kappa shape index (κ1) is 17.7. The zero-order chi connectivity index (χ0) is 17.8. The molecule has 26 heavy (non-hydrogen) atoms. The van der Waals surface area contributed by atoms with E-state index in [0.29, 0.717) is 12.6 Å². The number of carbonyl (C=O) groups is 1. The summed E-state index contributed by atoms with van der Waals surface area (Å²) in [6.07, 6.45) is 2.82. The quantitative estimate of drug-likeness (QED) is 0.745. The molecule has 0 aromatic carbocycles. The van der Waals surface area contributed by atoms with E-state index >= 15 is 0 Å². The molecule has 3 aliphatic heterocycles. The molecule has 0 unspecified atom stereocenters. The van der Waals surface area contributed by atoms with Gasteiger partial charge in [-0.2, -0.15) is 0 Å². The van der Waals surface area contributed by atoms with Gasteiger partial charge in [0.05, 0.1) is 0 Å². The lowest BCUT2D eigenvalue weighted by atomic mass is 10.1. The lowest BCUT2D eigenvalue weighted by Crippen LogP contribution is -2.63. The number of rotatable bonds is 5. The number of likely N-dealkylation sites (tertiary alicyclic amines) is 1. The third kappa shape index (κ3) is 4.16. The molecule has 3 saturated heterocycles. The Hall–Kier alpha value is -1.70. The van der Waals surface area contributed by atoms with E-state index in [1.807, 2.05) is 17.2 Å². The van der Waals surface area contributed by atoms with Crippen molar-refractivity contribution in [2.45, 2.75) is 12.5 Å². The molecule has 4 rings (SSSR count). The summed E-state index contributed by atoms with van der Waals surface area (Å²) in [4.78, 5) is 25.8. The number of pyridine rings is 1. The average Bonchev–Trinajstić information content (AvgIpc) is 2.86. The van der Waals surface area contributed by atoms with Crippen LogP contribution < -0.4 is 4.90 Å². The van der Waals surface area contributed by atoms with Crippen LogP contribution in [0.5, 0.6) is 0 Å². The SMILES string of the molecule is O=C1COCCCN1CCN1CC(N2CCN(c3ccccn3)CC2)C1. The molecule has 142 valence electrons. The van der Waals surface area contributed by atoms with E-state index in [4.69, 9.17) is 4.74 Å². The summed E-state index contributed by atoms with van der Waals surface area (Å²) < 4.78 is 5.30. The second-order valence-electron chi connectivity index (χ2n) is 7.41. The molecule has 4 heterocycles. The van der Waals surface area contributed by atoms with Crippen molar-refractivity contribution in [3.8, 4) is 0 Å². The number of hydrogen-bond donors (Lipinski definition) is 0. The van der Waals surface area contributed by atoms with Crippen LogP contribution >= 0.6 is 0 Å². The van der Waals surface area contributed by atoms with Gasteiger partial charge >= 0.3 is 0 Å². The van der Waals surface area contributed by atoms with Gasteiger partial charge in [-0.25, -0.2) is 4.98 Å². The zero-order valence-electron chi connectivity index (χ0n) is 15.4. The van der Waals surface area contributed by atoms with E-state index in [1.165, 1.54) is 0 Å². The van der Waals surface area contributed by atoms with Crippen molar-refractivity contribution in [3.05, 3.63) is 24.4 Å². The fraction of sp³-hybridized carbons (Fsp3) is 0.684. The third-order valence-electron chi connectivity index (χ3n) is 5.72. The van der Waals surface area contributed by atoms with Crippen LogP contribution in [0.25, 0.3) is 0 Å². The largest absolute Gasteiger partial charge is 0.372 e. The van der Waals surface area contributed by atoms with Crippen molar-refractivity contribution in [2.75, 3.05) is 77.0 Å². The predicted octanol–water partition coefficient (Wildman–Crippen LogP) is 0.137. The first-order valence-corrected chi connectivity index (χ1v) is 9.77. The van der Waals surface area contributed by atoms with Gasteiger partial charge < -0.3 is 14.5 Å². The fourth-order valence-corrected chi connectivity index (χ4v) is 4.04. The molecule has 0 radical (unpaired) electrons. The molecule has 7 heteroatoms. The summed E-state index contributed by atoms with van der Waals surface area (Å²) in [5.74, 6) is 1.23. The van der Waals surface area contributed by atoms with E-state index in [9.17, 15) is 4.79 Å². The molecule has 1 aromatic rings. The van der Waals surface area contributed by atoms with Gasteiger partial charge in [0.1, 0.15) is 12.4 Å². The van der Waals surface area contributed by atoms with E-state index in [0.717, 1.165) is 71.1 Å². The van der Waals surface area contributed by atoms with Crippen LogP contribution in [0.3, 0.4) is 0 Å². The lowest BCUT2D eigenvalue weighted by molar-refractivity contribution is -0.134. The van der Waals surface area contributed by atoms with Crippen molar-refractivity contribution in [3.63, 3.8) is 0 Å². The average molecular weight is 359 g/mol. The highest BCUT2D eigenvalue weighted by Crippen LogP contribution is 2.19. The predicted molar refractivity (Wildman–Crippen MR) is 100 cm³/mol. The third-order valence-corrected chi connectivity index (χ3v) is 5.72. The Balaban J connectivity index is 1.16. The van der Waals surface area contributed by atoms with Gasteiger partial charge in [0.15, 0.2) is 0 Å². The molecule has 0 spiro atoms. The van der Waals surface area contributed by atoms with Crippen LogP contribution in [-0.2, 0) is 9.53 Å². The fourth-order valence-electron chi connectivity index (χ4n) is 4.04. The molecular weight excluding hydrogens is 330 g/mol. The summed E-state index contributed by atoms with van der Waals surface area (Å²) in [6, 6.07) is 6.79. The number of aromatic nitrogens is 1. The first-order valence-electron chi connectivity index (χ1n) is 9.77. The van der Waals surface area contributed by atoms with Crippen molar-refractivity contribution in [1.29, 1.82) is 0 Å². The maximum atomic E-state index is 12.0. The van der Waals surface area contributed by atoms with E-state index < -0.39 is 0 Å². The Bertz CT molecular complexity index is 585. The summed E-state index contributed by atoms with van der Waals surface area (Å²) in [6.45, 7) is 10.2. The highest BCUT2D eigenvalue weighted by molar-refractivity contribution is 5.77. The molecule has 1 aromatic heterocycles. The minimum atomic E-state index is 0.144. The van der Waals surface area contributed by atoms with Gasteiger partial charge in [-0.3, -0.25) is 14.6 Å². The Labute approximate surface area is 155 Å². The molecule has 0 N–H and O–H groups in total. The van der Waals surface area contributed by atoms with Crippen LogP contribution in [-0.4, -0.2) is 104 Å². The molecule has 0 atom stereocenters. The molecule has 0 bridgehead atoms. The molecule has 3 fully saturated rings. The zero-order valence-corrected chi connectivity index (χ0v) is 15.4. The second kappa shape index (κ2) is 8.33. The molecule has 7 nitrogen and oxygen atoms in total. The van der Waals surface area contributed by atoms with Crippen LogP contribution in [0, 0.1) is 0 Å². The number of hydrogen-bond acceptors (Lipinski definition) is 6. The Morgan fingerprint density at radius 3 is 2.69 bits per heavy atom. The molecule has 0 saturated carbocycles. The monoisotopic (exact) mass is 359 g/mol. The summed E-state index contributed by atoms with van der Waals surface area (Å²) in [5, 5.41) is 0. The number of ether oxygens (including phenoxy) is 1. The molecule has 0 aliphatic carbocycles. The van der Waals surface area contributed by atoms with Crippen LogP contribution in [0.2, 0.25) is 0 Å². The van der Waals surface area contributed by atoms with E-state index in [1.54, 1.807) is 0 Å². The van der Waals surface area contributed by atoms with Crippen LogP contribution in [0.15, 0.2) is 24.4 Å².